The minimum atomic E-state index is -0.463. The van der Waals surface area contributed by atoms with Crippen LogP contribution in [0, 0.1) is 17.1 Å². The smallest absolute Gasteiger partial charge is 0.227 e. The van der Waals surface area contributed by atoms with E-state index in [1.54, 1.807) is 6.07 Å². The van der Waals surface area contributed by atoms with Crippen LogP contribution in [0.2, 0.25) is 0 Å². The Morgan fingerprint density at radius 1 is 0.889 bits per heavy atom. The quantitative estimate of drug-likeness (QED) is 0.833. The summed E-state index contributed by atoms with van der Waals surface area (Å²) in [5.74, 6) is 1.31. The van der Waals surface area contributed by atoms with Gasteiger partial charge in [-0.3, -0.25) is 0 Å². The summed E-state index contributed by atoms with van der Waals surface area (Å²) < 4.78 is 13.9. The van der Waals surface area contributed by atoms with Crippen molar-refractivity contribution in [2.75, 3.05) is 54.0 Å². The summed E-state index contributed by atoms with van der Waals surface area (Å²) in [5.41, 5.74) is 0.898. The maximum absolute atomic E-state index is 13.9. The molecule has 0 spiro atoms. The number of hydrogen-bond donors (Lipinski definition) is 0. The second-order valence-electron chi connectivity index (χ2n) is 7.01. The van der Waals surface area contributed by atoms with Crippen LogP contribution in [0.3, 0.4) is 0 Å². The first-order valence-corrected chi connectivity index (χ1v) is 9.52. The highest BCUT2D eigenvalue weighted by molar-refractivity contribution is 5.52. The molecule has 1 aromatic heterocycles. The molecule has 0 atom stereocenters. The summed E-state index contributed by atoms with van der Waals surface area (Å²) >= 11 is 0. The molecule has 27 heavy (non-hydrogen) atoms. The number of halogens is 1. The van der Waals surface area contributed by atoms with Gasteiger partial charge >= 0.3 is 0 Å². The van der Waals surface area contributed by atoms with E-state index in [0.29, 0.717) is 0 Å². The molecule has 2 fully saturated rings. The Bertz CT molecular complexity index is 835. The topological polar surface area (TPSA) is 59.3 Å². The first kappa shape index (κ1) is 17.5. The molecule has 140 valence electrons. The minimum Gasteiger partial charge on any atom is -0.368 e. The second-order valence-corrected chi connectivity index (χ2v) is 7.01. The zero-order chi connectivity index (χ0) is 18.6. The highest BCUT2D eigenvalue weighted by Gasteiger charge is 2.21. The van der Waals surface area contributed by atoms with Gasteiger partial charge in [0.05, 0.1) is 5.56 Å². The molecular formula is C20H23FN6. The van der Waals surface area contributed by atoms with Crippen molar-refractivity contribution < 1.29 is 4.39 Å². The summed E-state index contributed by atoms with van der Waals surface area (Å²) in [6, 6.07) is 8.65. The van der Waals surface area contributed by atoms with Gasteiger partial charge in [0.25, 0.3) is 0 Å². The average molecular weight is 366 g/mol. The lowest BCUT2D eigenvalue weighted by atomic mass is 10.1. The molecular weight excluding hydrogens is 343 g/mol. The molecule has 4 rings (SSSR count). The Kier molecular flexibility index (Phi) is 5.05. The van der Waals surface area contributed by atoms with Crippen LogP contribution in [0.4, 0.5) is 21.8 Å². The molecule has 2 aliphatic rings. The van der Waals surface area contributed by atoms with E-state index >= 15 is 0 Å². The molecule has 2 aliphatic heterocycles. The molecule has 2 aromatic rings. The van der Waals surface area contributed by atoms with Crippen molar-refractivity contribution in [1.29, 1.82) is 5.26 Å². The molecule has 0 N–H and O–H groups in total. The van der Waals surface area contributed by atoms with Gasteiger partial charge in [0, 0.05) is 51.2 Å². The molecule has 7 heteroatoms. The van der Waals surface area contributed by atoms with Crippen LogP contribution >= 0.6 is 0 Å². The zero-order valence-corrected chi connectivity index (χ0v) is 15.3. The molecule has 0 unspecified atom stereocenters. The van der Waals surface area contributed by atoms with Crippen LogP contribution in [0.15, 0.2) is 30.5 Å². The van der Waals surface area contributed by atoms with Crippen LogP contribution in [0.1, 0.15) is 24.8 Å². The standard InChI is InChI=1S/C20H23FN6/c21-18-14-17(5-4-16(18)15-22)25-10-12-27(13-11-25)20-23-7-6-19(24-20)26-8-2-1-3-9-26/h4-7,14H,1-3,8-13H2. The van der Waals surface area contributed by atoms with Crippen molar-refractivity contribution in [3.63, 3.8) is 0 Å². The highest BCUT2D eigenvalue weighted by atomic mass is 19.1. The number of rotatable bonds is 3. The van der Waals surface area contributed by atoms with Crippen molar-refractivity contribution >= 4 is 17.5 Å². The summed E-state index contributed by atoms with van der Waals surface area (Å²) in [6.07, 6.45) is 5.58. The molecule has 0 saturated carbocycles. The molecule has 3 heterocycles. The molecule has 0 radical (unpaired) electrons. The Labute approximate surface area is 158 Å². The van der Waals surface area contributed by atoms with Gasteiger partial charge in [-0.1, -0.05) is 0 Å². The lowest BCUT2D eigenvalue weighted by Gasteiger charge is -2.36. The number of piperazine rings is 1. The fourth-order valence-corrected chi connectivity index (χ4v) is 3.75. The Morgan fingerprint density at radius 2 is 1.63 bits per heavy atom. The molecule has 0 aliphatic carbocycles. The van der Waals surface area contributed by atoms with Crippen LogP contribution in [0.5, 0.6) is 0 Å². The van der Waals surface area contributed by atoms with E-state index in [9.17, 15) is 4.39 Å². The third kappa shape index (κ3) is 3.80. The fraction of sp³-hybridized carbons (Fsp3) is 0.450. The normalized spacial score (nSPS) is 17.7. The van der Waals surface area contributed by atoms with Gasteiger partial charge in [0.2, 0.25) is 5.95 Å². The summed E-state index contributed by atoms with van der Waals surface area (Å²) in [5, 5.41) is 8.87. The van der Waals surface area contributed by atoms with Crippen LogP contribution in [-0.4, -0.2) is 49.2 Å². The van der Waals surface area contributed by atoms with Gasteiger partial charge < -0.3 is 14.7 Å². The lowest BCUT2D eigenvalue weighted by Crippen LogP contribution is -2.47. The number of nitriles is 1. The van der Waals surface area contributed by atoms with Gasteiger partial charge in [-0.2, -0.15) is 10.2 Å². The van der Waals surface area contributed by atoms with Crippen molar-refractivity contribution in [3.8, 4) is 6.07 Å². The number of anilines is 3. The van der Waals surface area contributed by atoms with Crippen molar-refractivity contribution in [3.05, 3.63) is 41.8 Å². The van der Waals surface area contributed by atoms with Crippen LogP contribution in [-0.2, 0) is 0 Å². The second kappa shape index (κ2) is 7.78. The van der Waals surface area contributed by atoms with E-state index in [4.69, 9.17) is 10.2 Å². The fourth-order valence-electron chi connectivity index (χ4n) is 3.75. The van der Waals surface area contributed by atoms with Crippen LogP contribution < -0.4 is 14.7 Å². The number of aromatic nitrogens is 2. The number of nitrogens with zero attached hydrogens (tertiary/aromatic N) is 6. The molecule has 1 aromatic carbocycles. The van der Waals surface area contributed by atoms with Gasteiger partial charge in [-0.15, -0.1) is 0 Å². The SMILES string of the molecule is N#Cc1ccc(N2CCN(c3nccc(N4CCCCC4)n3)CC2)cc1F. The lowest BCUT2D eigenvalue weighted by molar-refractivity contribution is 0.571. The predicted molar refractivity (Wildman–Crippen MR) is 104 cm³/mol. The Morgan fingerprint density at radius 3 is 2.33 bits per heavy atom. The maximum atomic E-state index is 13.9. The third-order valence-electron chi connectivity index (χ3n) is 5.31. The Hall–Kier alpha value is -2.88. The number of hydrogen-bond acceptors (Lipinski definition) is 6. The largest absolute Gasteiger partial charge is 0.368 e. The number of piperidine rings is 1. The predicted octanol–water partition coefficient (Wildman–Crippen LogP) is 2.80. The summed E-state index contributed by atoms with van der Waals surface area (Å²) in [7, 11) is 0. The van der Waals surface area contributed by atoms with Crippen molar-refractivity contribution in [2.45, 2.75) is 19.3 Å². The molecule has 2 saturated heterocycles. The number of benzene rings is 1. The van der Waals surface area contributed by atoms with Crippen LogP contribution in [0.25, 0.3) is 0 Å². The summed E-state index contributed by atoms with van der Waals surface area (Å²) in [6.45, 7) is 5.23. The van der Waals surface area contributed by atoms with Crippen molar-refractivity contribution in [2.24, 2.45) is 0 Å². The molecule has 0 amide bonds. The maximum Gasteiger partial charge on any atom is 0.227 e. The Balaban J connectivity index is 1.42. The van der Waals surface area contributed by atoms with E-state index in [1.165, 1.54) is 25.3 Å². The minimum absolute atomic E-state index is 0.0836. The highest BCUT2D eigenvalue weighted by Crippen LogP contribution is 2.23. The summed E-state index contributed by atoms with van der Waals surface area (Å²) in [4.78, 5) is 15.9. The van der Waals surface area contributed by atoms with E-state index in [1.807, 2.05) is 24.4 Å². The van der Waals surface area contributed by atoms with Crippen molar-refractivity contribution in [1.82, 2.24) is 9.97 Å². The van der Waals surface area contributed by atoms with Gasteiger partial charge in [0.15, 0.2) is 0 Å². The monoisotopic (exact) mass is 366 g/mol. The zero-order valence-electron chi connectivity index (χ0n) is 15.3. The average Bonchev–Trinajstić information content (AvgIpc) is 2.74. The molecule has 6 nitrogen and oxygen atoms in total. The van der Waals surface area contributed by atoms with E-state index < -0.39 is 5.82 Å². The van der Waals surface area contributed by atoms with Gasteiger partial charge in [0.1, 0.15) is 17.7 Å². The van der Waals surface area contributed by atoms with Gasteiger partial charge in [-0.05, 0) is 43.5 Å². The third-order valence-corrected chi connectivity index (χ3v) is 5.31. The first-order chi connectivity index (χ1) is 13.2. The van der Waals surface area contributed by atoms with Gasteiger partial charge in [-0.25, -0.2) is 9.37 Å². The van der Waals surface area contributed by atoms with E-state index in [2.05, 4.69) is 19.7 Å². The van der Waals surface area contributed by atoms with E-state index in [0.717, 1.165) is 56.7 Å². The first-order valence-electron chi connectivity index (χ1n) is 9.52. The van der Waals surface area contributed by atoms with E-state index in [-0.39, 0.29) is 5.56 Å². The molecule has 0 bridgehead atoms.